The molecule has 9 nitrogen and oxygen atoms in total. The van der Waals surface area contributed by atoms with Crippen molar-refractivity contribution in [3.63, 3.8) is 0 Å². The lowest BCUT2D eigenvalue weighted by Gasteiger charge is -2.10. The quantitative estimate of drug-likeness (QED) is 0.143. The predicted molar refractivity (Wildman–Crippen MR) is 160 cm³/mol. The maximum absolute atomic E-state index is 13.3. The van der Waals surface area contributed by atoms with Crippen LogP contribution in [0.25, 0.3) is 5.69 Å². The van der Waals surface area contributed by atoms with Gasteiger partial charge in [0.1, 0.15) is 29.7 Å². The molecule has 0 unspecified atom stereocenters. The Kier molecular flexibility index (Phi) is 8.96. The fourth-order valence-electron chi connectivity index (χ4n) is 4.34. The Morgan fingerprint density at radius 2 is 1.67 bits per heavy atom. The molecule has 2 N–H and O–H groups in total. The number of carbonyl (C=O) groups excluding carboxylic acids is 2. The van der Waals surface area contributed by atoms with Gasteiger partial charge in [0.15, 0.2) is 12.4 Å². The minimum Gasteiger partial charge on any atom is -0.486 e. The first-order chi connectivity index (χ1) is 20.9. The summed E-state index contributed by atoms with van der Waals surface area (Å²) in [5, 5.41) is 6.55. The van der Waals surface area contributed by atoms with E-state index in [1.54, 1.807) is 42.5 Å². The molecule has 10 heteroatoms. The number of rotatable bonds is 11. The van der Waals surface area contributed by atoms with Crippen LogP contribution in [-0.4, -0.2) is 29.2 Å². The number of carbonyl (C=O) groups is 2. The minimum absolute atomic E-state index is 0.0724. The lowest BCUT2D eigenvalue weighted by Crippen LogP contribution is -2.20. The highest BCUT2D eigenvalue weighted by Gasteiger charge is 2.12. The molecule has 0 saturated carbocycles. The topological polar surface area (TPSA) is 107 Å². The summed E-state index contributed by atoms with van der Waals surface area (Å²) < 4.78 is 32.5. The van der Waals surface area contributed by atoms with Gasteiger partial charge >= 0.3 is 5.91 Å². The highest BCUT2D eigenvalue weighted by molar-refractivity contribution is 5.93. The van der Waals surface area contributed by atoms with E-state index in [0.717, 1.165) is 17.1 Å². The second kappa shape index (κ2) is 13.3. The molecule has 5 rings (SSSR count). The third-order valence-corrected chi connectivity index (χ3v) is 6.39. The molecule has 5 aromatic rings. The first kappa shape index (κ1) is 28.9. The number of nitrogens with zero attached hydrogens (tertiary/aromatic N) is 2. The SMILES string of the molecule is Cc1ccc(C)n1-c1ccc(OCc2ccc(C(=O)N/N=C/c3ccccc3OCC(=O)Nc3cccc(F)c3)o2)cc1. The van der Waals surface area contributed by atoms with Gasteiger partial charge in [-0.2, -0.15) is 5.10 Å². The van der Waals surface area contributed by atoms with Crippen LogP contribution in [-0.2, 0) is 11.4 Å². The molecular weight excluding hydrogens is 551 g/mol. The van der Waals surface area contributed by atoms with Crippen LogP contribution in [0.2, 0.25) is 0 Å². The monoisotopic (exact) mass is 580 g/mol. The zero-order valence-corrected chi connectivity index (χ0v) is 23.5. The maximum Gasteiger partial charge on any atom is 0.307 e. The lowest BCUT2D eigenvalue weighted by atomic mass is 10.2. The van der Waals surface area contributed by atoms with Crippen LogP contribution in [0.3, 0.4) is 0 Å². The van der Waals surface area contributed by atoms with Gasteiger partial charge in [-0.3, -0.25) is 9.59 Å². The summed E-state index contributed by atoms with van der Waals surface area (Å²) in [4.78, 5) is 24.8. The molecule has 0 radical (unpaired) electrons. The Hall–Kier alpha value is -5.64. The summed E-state index contributed by atoms with van der Waals surface area (Å²) in [6.07, 6.45) is 1.39. The average molecular weight is 581 g/mol. The van der Waals surface area contributed by atoms with Crippen molar-refractivity contribution >= 4 is 23.7 Å². The molecule has 43 heavy (non-hydrogen) atoms. The van der Waals surface area contributed by atoms with E-state index in [1.807, 2.05) is 24.3 Å². The van der Waals surface area contributed by atoms with Crippen LogP contribution in [0.15, 0.2) is 107 Å². The molecule has 0 saturated heterocycles. The van der Waals surface area contributed by atoms with E-state index in [4.69, 9.17) is 13.9 Å². The lowest BCUT2D eigenvalue weighted by molar-refractivity contribution is -0.118. The van der Waals surface area contributed by atoms with Gasteiger partial charge in [0.05, 0.1) is 6.21 Å². The minimum atomic E-state index is -0.544. The number of ether oxygens (including phenoxy) is 2. The summed E-state index contributed by atoms with van der Waals surface area (Å²) >= 11 is 0. The van der Waals surface area contributed by atoms with Crippen molar-refractivity contribution in [3.05, 3.63) is 131 Å². The van der Waals surface area contributed by atoms with Gasteiger partial charge in [0.2, 0.25) is 0 Å². The second-order valence-corrected chi connectivity index (χ2v) is 9.58. The molecular formula is C33H29FN4O5. The summed E-state index contributed by atoms with van der Waals surface area (Å²) in [6.45, 7) is 3.96. The molecule has 0 atom stereocenters. The van der Waals surface area contributed by atoms with E-state index in [0.29, 0.717) is 28.5 Å². The molecule has 2 amide bonds. The van der Waals surface area contributed by atoms with Crippen LogP contribution < -0.4 is 20.2 Å². The van der Waals surface area contributed by atoms with Crippen LogP contribution >= 0.6 is 0 Å². The largest absolute Gasteiger partial charge is 0.486 e. The van der Waals surface area contributed by atoms with Gasteiger partial charge in [-0.15, -0.1) is 0 Å². The molecule has 0 bridgehead atoms. The number of furan rings is 1. The number of hydrogen-bond acceptors (Lipinski definition) is 6. The van der Waals surface area contributed by atoms with Crippen molar-refractivity contribution in [3.8, 4) is 17.2 Å². The third kappa shape index (κ3) is 7.56. The van der Waals surface area contributed by atoms with Crippen LogP contribution in [0, 0.1) is 19.7 Å². The average Bonchev–Trinajstić information content (AvgIpc) is 3.62. The number of anilines is 1. The van der Waals surface area contributed by atoms with Crippen molar-refractivity contribution < 1.29 is 27.9 Å². The Balaban J connectivity index is 1.11. The van der Waals surface area contributed by atoms with Crippen LogP contribution in [0.4, 0.5) is 10.1 Å². The standard InChI is InChI=1S/C33H29FN4O5/c1-22-10-11-23(2)38(22)27-12-14-28(15-13-27)41-20-29-16-17-31(43-29)33(40)37-35-19-24-6-3-4-9-30(24)42-21-32(39)36-26-8-5-7-25(34)18-26/h3-19H,20-21H2,1-2H3,(H,36,39)(H,37,40)/b35-19+. The van der Waals surface area contributed by atoms with Gasteiger partial charge < -0.3 is 23.8 Å². The van der Waals surface area contributed by atoms with E-state index in [2.05, 4.69) is 46.4 Å². The Labute approximate surface area is 247 Å². The highest BCUT2D eigenvalue weighted by atomic mass is 19.1. The van der Waals surface area contributed by atoms with E-state index in [9.17, 15) is 14.0 Å². The van der Waals surface area contributed by atoms with E-state index in [1.165, 1.54) is 24.4 Å². The van der Waals surface area contributed by atoms with Crippen LogP contribution in [0.5, 0.6) is 11.5 Å². The van der Waals surface area contributed by atoms with E-state index < -0.39 is 17.6 Å². The van der Waals surface area contributed by atoms with E-state index in [-0.39, 0.29) is 19.0 Å². The fraction of sp³-hybridized carbons (Fsp3) is 0.121. The number of amides is 2. The van der Waals surface area contributed by atoms with Crippen molar-refractivity contribution in [2.75, 3.05) is 11.9 Å². The van der Waals surface area contributed by atoms with E-state index >= 15 is 0 Å². The molecule has 0 aliphatic carbocycles. The smallest absolute Gasteiger partial charge is 0.307 e. The number of para-hydroxylation sites is 1. The molecule has 0 aliphatic heterocycles. The second-order valence-electron chi connectivity index (χ2n) is 9.58. The van der Waals surface area contributed by atoms with Gasteiger partial charge in [-0.1, -0.05) is 18.2 Å². The number of hydrogen-bond donors (Lipinski definition) is 2. The molecule has 0 spiro atoms. The number of halogens is 1. The van der Waals surface area contributed by atoms with Crippen molar-refractivity contribution in [2.45, 2.75) is 20.5 Å². The predicted octanol–water partition coefficient (Wildman–Crippen LogP) is 6.19. The number of nitrogens with one attached hydrogen (secondary N) is 2. The van der Waals surface area contributed by atoms with Crippen molar-refractivity contribution in [2.24, 2.45) is 5.10 Å². The van der Waals surface area contributed by atoms with Gasteiger partial charge in [0.25, 0.3) is 5.91 Å². The number of benzene rings is 3. The molecule has 2 aromatic heterocycles. The highest BCUT2D eigenvalue weighted by Crippen LogP contribution is 2.21. The molecule has 218 valence electrons. The Morgan fingerprint density at radius 3 is 2.44 bits per heavy atom. The van der Waals surface area contributed by atoms with Crippen molar-refractivity contribution in [1.82, 2.24) is 9.99 Å². The van der Waals surface area contributed by atoms with Gasteiger partial charge in [0, 0.05) is 28.3 Å². The normalized spacial score (nSPS) is 11.0. The molecule has 0 fully saturated rings. The maximum atomic E-state index is 13.3. The summed E-state index contributed by atoms with van der Waals surface area (Å²) in [5.74, 6) is 0.138. The molecule has 2 heterocycles. The summed E-state index contributed by atoms with van der Waals surface area (Å²) in [7, 11) is 0. The zero-order valence-electron chi connectivity index (χ0n) is 23.5. The van der Waals surface area contributed by atoms with Crippen molar-refractivity contribution in [1.29, 1.82) is 0 Å². The third-order valence-electron chi connectivity index (χ3n) is 6.39. The van der Waals surface area contributed by atoms with Crippen LogP contribution in [0.1, 0.15) is 33.3 Å². The first-order valence-electron chi connectivity index (χ1n) is 13.4. The first-order valence-corrected chi connectivity index (χ1v) is 13.4. The Morgan fingerprint density at radius 1 is 0.907 bits per heavy atom. The number of aromatic nitrogens is 1. The van der Waals surface area contributed by atoms with Gasteiger partial charge in [-0.25, -0.2) is 9.82 Å². The Bertz CT molecular complexity index is 1740. The summed E-state index contributed by atoms with van der Waals surface area (Å²) in [6, 6.07) is 27.5. The zero-order chi connectivity index (χ0) is 30.2. The fourth-order valence-corrected chi connectivity index (χ4v) is 4.34. The summed E-state index contributed by atoms with van der Waals surface area (Å²) in [5.41, 5.74) is 6.62. The molecule has 3 aromatic carbocycles. The van der Waals surface area contributed by atoms with Gasteiger partial charge in [-0.05, 0) is 92.7 Å². The molecule has 0 aliphatic rings. The number of hydrazone groups is 1. The number of aryl methyl sites for hydroxylation is 2.